The van der Waals surface area contributed by atoms with Gasteiger partial charge in [0.15, 0.2) is 0 Å². The van der Waals surface area contributed by atoms with Crippen molar-refractivity contribution in [2.24, 2.45) is 0 Å². The van der Waals surface area contributed by atoms with Crippen LogP contribution >= 0.6 is 0 Å². The van der Waals surface area contributed by atoms with Crippen molar-refractivity contribution in [2.45, 2.75) is 38.5 Å². The molecule has 0 aromatic heterocycles. The lowest BCUT2D eigenvalue weighted by atomic mass is 10.0. The fourth-order valence-electron chi connectivity index (χ4n) is 2.67. The van der Waals surface area contributed by atoms with E-state index in [0.29, 0.717) is 32.4 Å². The largest absolute Gasteiger partial charge is 0.481 e. The zero-order valence-corrected chi connectivity index (χ0v) is 13.1. The van der Waals surface area contributed by atoms with Gasteiger partial charge in [0.1, 0.15) is 0 Å². The van der Waals surface area contributed by atoms with Gasteiger partial charge in [-0.25, -0.2) is 0 Å². The van der Waals surface area contributed by atoms with Gasteiger partial charge in [-0.1, -0.05) is 18.2 Å². The number of hydrogen-bond acceptors (Lipinski definition) is 3. The number of hydrogen-bond donors (Lipinski definition) is 2. The van der Waals surface area contributed by atoms with E-state index in [4.69, 9.17) is 5.11 Å². The summed E-state index contributed by atoms with van der Waals surface area (Å²) in [5, 5.41) is 11.3. The molecule has 124 valence electrons. The van der Waals surface area contributed by atoms with E-state index >= 15 is 0 Å². The number of anilines is 1. The summed E-state index contributed by atoms with van der Waals surface area (Å²) in [6.45, 7) is 0.841. The van der Waals surface area contributed by atoms with Gasteiger partial charge in [-0.15, -0.1) is 0 Å². The first-order valence-corrected chi connectivity index (χ1v) is 7.94. The Morgan fingerprint density at radius 1 is 1.13 bits per heavy atom. The molecule has 23 heavy (non-hydrogen) atoms. The minimum atomic E-state index is -0.821. The summed E-state index contributed by atoms with van der Waals surface area (Å²) >= 11 is 0. The van der Waals surface area contributed by atoms with Gasteiger partial charge < -0.3 is 15.3 Å². The molecule has 1 aromatic rings. The van der Waals surface area contributed by atoms with Crippen LogP contribution in [0.4, 0.5) is 5.69 Å². The van der Waals surface area contributed by atoms with E-state index < -0.39 is 5.97 Å². The van der Waals surface area contributed by atoms with Crippen molar-refractivity contribution in [1.82, 2.24) is 5.32 Å². The van der Waals surface area contributed by atoms with Crippen LogP contribution < -0.4 is 10.2 Å². The Morgan fingerprint density at radius 2 is 1.91 bits per heavy atom. The Balaban J connectivity index is 1.76. The number of nitrogens with zero attached hydrogens (tertiary/aromatic N) is 1. The minimum Gasteiger partial charge on any atom is -0.481 e. The van der Waals surface area contributed by atoms with Crippen molar-refractivity contribution in [3.8, 4) is 0 Å². The van der Waals surface area contributed by atoms with Crippen molar-refractivity contribution in [2.75, 3.05) is 18.0 Å². The number of aliphatic carboxylic acids is 1. The smallest absolute Gasteiger partial charge is 0.303 e. The van der Waals surface area contributed by atoms with Gasteiger partial charge in [0, 0.05) is 38.0 Å². The molecule has 0 radical (unpaired) electrons. The molecular formula is C17H22N2O4. The number of carbonyl (C=O) groups excluding carboxylic acids is 2. The predicted octanol–water partition coefficient (Wildman–Crippen LogP) is 1.73. The molecule has 0 spiro atoms. The number of unbranched alkanes of at least 4 members (excludes halogenated alkanes) is 1. The number of amides is 2. The van der Waals surface area contributed by atoms with Gasteiger partial charge in [0.2, 0.25) is 11.8 Å². The molecule has 0 unspecified atom stereocenters. The molecule has 0 atom stereocenters. The number of nitrogens with one attached hydrogen (secondary N) is 1. The van der Waals surface area contributed by atoms with Crippen molar-refractivity contribution in [3.05, 3.63) is 29.8 Å². The van der Waals surface area contributed by atoms with Crippen LogP contribution in [0.25, 0.3) is 0 Å². The third kappa shape index (κ3) is 5.09. The summed E-state index contributed by atoms with van der Waals surface area (Å²) < 4.78 is 0. The van der Waals surface area contributed by atoms with Gasteiger partial charge in [0.05, 0.1) is 0 Å². The minimum absolute atomic E-state index is 0.0537. The van der Waals surface area contributed by atoms with Gasteiger partial charge >= 0.3 is 5.97 Å². The summed E-state index contributed by atoms with van der Waals surface area (Å²) in [4.78, 5) is 36.0. The summed E-state index contributed by atoms with van der Waals surface area (Å²) in [6.07, 6.45) is 2.79. The third-order valence-corrected chi connectivity index (χ3v) is 3.89. The Hall–Kier alpha value is -2.37. The maximum Gasteiger partial charge on any atom is 0.303 e. The number of carboxylic acid groups (broad SMARTS) is 1. The number of benzene rings is 1. The van der Waals surface area contributed by atoms with Gasteiger partial charge in [-0.3, -0.25) is 14.4 Å². The average Bonchev–Trinajstić information content (AvgIpc) is 2.53. The van der Waals surface area contributed by atoms with Gasteiger partial charge in [-0.2, -0.15) is 0 Å². The second-order valence-corrected chi connectivity index (χ2v) is 5.62. The lowest BCUT2D eigenvalue weighted by molar-refractivity contribution is -0.137. The lowest BCUT2D eigenvalue weighted by Crippen LogP contribution is -2.38. The van der Waals surface area contributed by atoms with Gasteiger partial charge in [-0.05, 0) is 30.9 Å². The van der Waals surface area contributed by atoms with Crippen LogP contribution in [0.5, 0.6) is 0 Å². The Kier molecular flexibility index (Phi) is 6.14. The molecule has 1 aliphatic rings. The highest BCUT2D eigenvalue weighted by Gasteiger charge is 2.23. The number of aryl methyl sites for hydroxylation is 1. The Bertz CT molecular complexity index is 586. The molecule has 6 heteroatoms. The molecule has 0 bridgehead atoms. The number of fused-ring (bicyclic) bond motifs is 1. The zero-order valence-electron chi connectivity index (χ0n) is 13.1. The average molecular weight is 318 g/mol. The van der Waals surface area contributed by atoms with Crippen LogP contribution in [0.15, 0.2) is 24.3 Å². The molecule has 6 nitrogen and oxygen atoms in total. The highest BCUT2D eigenvalue weighted by molar-refractivity contribution is 5.96. The van der Waals surface area contributed by atoms with Crippen molar-refractivity contribution in [3.63, 3.8) is 0 Å². The molecule has 2 N–H and O–H groups in total. The topological polar surface area (TPSA) is 86.7 Å². The van der Waals surface area contributed by atoms with Crippen LogP contribution in [-0.4, -0.2) is 36.0 Å². The standard InChI is InChI=1S/C17H22N2O4/c20-15(18-11-4-3-7-17(22)23)10-12-19-14-6-2-1-5-13(14)8-9-16(19)21/h1-2,5-6H,3-4,7-12H2,(H,18,20)(H,22,23). The molecule has 1 heterocycles. The fourth-order valence-corrected chi connectivity index (χ4v) is 2.67. The molecule has 0 fully saturated rings. The predicted molar refractivity (Wildman–Crippen MR) is 86.2 cm³/mol. The first-order chi connectivity index (χ1) is 11.1. The second kappa shape index (κ2) is 8.31. The molecule has 2 rings (SSSR count). The van der Waals surface area contributed by atoms with E-state index in [2.05, 4.69) is 5.32 Å². The van der Waals surface area contributed by atoms with Crippen LogP contribution in [-0.2, 0) is 20.8 Å². The van der Waals surface area contributed by atoms with Crippen molar-refractivity contribution < 1.29 is 19.5 Å². The Labute approximate surface area is 135 Å². The molecular weight excluding hydrogens is 296 g/mol. The van der Waals surface area contributed by atoms with Crippen LogP contribution in [0.3, 0.4) is 0 Å². The van der Waals surface area contributed by atoms with E-state index in [-0.39, 0.29) is 24.7 Å². The summed E-state index contributed by atoms with van der Waals surface area (Å²) in [5.41, 5.74) is 2.04. The van der Waals surface area contributed by atoms with Crippen molar-refractivity contribution in [1.29, 1.82) is 0 Å². The van der Waals surface area contributed by atoms with Crippen molar-refractivity contribution >= 4 is 23.5 Å². The SMILES string of the molecule is O=C(O)CCCCNC(=O)CCN1C(=O)CCc2ccccc21. The normalized spacial score (nSPS) is 13.6. The molecule has 0 aliphatic carbocycles. The summed E-state index contributed by atoms with van der Waals surface area (Å²) in [7, 11) is 0. The summed E-state index contributed by atoms with van der Waals surface area (Å²) in [6, 6.07) is 7.77. The van der Waals surface area contributed by atoms with E-state index in [1.54, 1.807) is 4.90 Å². The van der Waals surface area contributed by atoms with E-state index in [1.165, 1.54) is 0 Å². The zero-order chi connectivity index (χ0) is 16.7. The van der Waals surface area contributed by atoms with Crippen LogP contribution in [0.1, 0.15) is 37.7 Å². The Morgan fingerprint density at radius 3 is 2.70 bits per heavy atom. The summed E-state index contributed by atoms with van der Waals surface area (Å²) in [5.74, 6) is -0.882. The molecule has 1 aromatic carbocycles. The number of carbonyl (C=O) groups is 3. The van der Waals surface area contributed by atoms with Gasteiger partial charge in [0.25, 0.3) is 0 Å². The van der Waals surface area contributed by atoms with Crippen LogP contribution in [0, 0.1) is 0 Å². The molecule has 0 saturated heterocycles. The second-order valence-electron chi connectivity index (χ2n) is 5.62. The fraction of sp³-hybridized carbons (Fsp3) is 0.471. The van der Waals surface area contributed by atoms with Crippen LogP contribution in [0.2, 0.25) is 0 Å². The van der Waals surface area contributed by atoms with E-state index in [1.807, 2.05) is 24.3 Å². The number of para-hydroxylation sites is 1. The molecule has 1 aliphatic heterocycles. The maximum absolute atomic E-state index is 12.1. The quantitative estimate of drug-likeness (QED) is 0.715. The maximum atomic E-state index is 12.1. The van der Waals surface area contributed by atoms with E-state index in [0.717, 1.165) is 17.7 Å². The number of rotatable bonds is 8. The monoisotopic (exact) mass is 318 g/mol. The first-order valence-electron chi connectivity index (χ1n) is 7.94. The number of carboxylic acids is 1. The highest BCUT2D eigenvalue weighted by Crippen LogP contribution is 2.27. The molecule has 2 amide bonds. The first kappa shape index (κ1) is 17.0. The highest BCUT2D eigenvalue weighted by atomic mass is 16.4. The molecule has 0 saturated carbocycles. The third-order valence-electron chi connectivity index (χ3n) is 3.89. The lowest BCUT2D eigenvalue weighted by Gasteiger charge is -2.29. The van der Waals surface area contributed by atoms with E-state index in [9.17, 15) is 14.4 Å².